The Balaban J connectivity index is 2.99. The molecule has 0 aliphatic carbocycles. The first kappa shape index (κ1) is 12.3. The Morgan fingerprint density at radius 3 is 2.67 bits per heavy atom. The van der Waals surface area contributed by atoms with Crippen LogP contribution in [0.4, 0.5) is 0 Å². The minimum atomic E-state index is 0.0419. The van der Waals surface area contributed by atoms with Crippen LogP contribution in [0, 0.1) is 19.8 Å². The standard InChI is InChI=1S/C11H18N2OS/c1-4-10(7-15)6-13-9(3)12-8(2)5-11(13)14/h5,10,15H,4,6-7H2,1-3H3. The largest absolute Gasteiger partial charge is 0.297 e. The zero-order valence-electron chi connectivity index (χ0n) is 9.53. The molecule has 0 spiro atoms. The predicted molar refractivity (Wildman–Crippen MR) is 65.6 cm³/mol. The van der Waals surface area contributed by atoms with Gasteiger partial charge in [0.2, 0.25) is 0 Å². The summed E-state index contributed by atoms with van der Waals surface area (Å²) in [6.45, 7) is 6.55. The molecule has 1 aromatic rings. The van der Waals surface area contributed by atoms with Crippen molar-refractivity contribution < 1.29 is 0 Å². The van der Waals surface area contributed by atoms with E-state index in [1.54, 1.807) is 10.6 Å². The van der Waals surface area contributed by atoms with Gasteiger partial charge < -0.3 is 0 Å². The van der Waals surface area contributed by atoms with E-state index in [-0.39, 0.29) is 5.56 Å². The highest BCUT2D eigenvalue weighted by atomic mass is 32.1. The van der Waals surface area contributed by atoms with Gasteiger partial charge in [-0.3, -0.25) is 9.36 Å². The smallest absolute Gasteiger partial charge is 0.253 e. The fourth-order valence-electron chi connectivity index (χ4n) is 1.56. The van der Waals surface area contributed by atoms with Gasteiger partial charge in [-0.25, -0.2) is 4.98 Å². The lowest BCUT2D eigenvalue weighted by Crippen LogP contribution is -2.27. The highest BCUT2D eigenvalue weighted by Crippen LogP contribution is 2.08. The van der Waals surface area contributed by atoms with E-state index in [1.807, 2.05) is 13.8 Å². The van der Waals surface area contributed by atoms with Gasteiger partial charge in [0, 0.05) is 18.3 Å². The highest BCUT2D eigenvalue weighted by molar-refractivity contribution is 7.80. The second kappa shape index (κ2) is 5.35. The first-order valence-electron chi connectivity index (χ1n) is 5.24. The van der Waals surface area contributed by atoms with Crippen LogP contribution in [0.15, 0.2) is 10.9 Å². The van der Waals surface area contributed by atoms with E-state index in [1.165, 1.54) is 0 Å². The van der Waals surface area contributed by atoms with Crippen LogP contribution in [0.1, 0.15) is 24.9 Å². The lowest BCUT2D eigenvalue weighted by molar-refractivity contribution is 0.455. The van der Waals surface area contributed by atoms with Crippen molar-refractivity contribution >= 4 is 12.6 Å². The Kier molecular flexibility index (Phi) is 4.39. The molecule has 0 saturated heterocycles. The molecule has 0 aromatic carbocycles. The van der Waals surface area contributed by atoms with E-state index in [4.69, 9.17) is 0 Å². The van der Waals surface area contributed by atoms with Crippen molar-refractivity contribution in [3.63, 3.8) is 0 Å². The zero-order chi connectivity index (χ0) is 11.4. The molecule has 0 amide bonds. The highest BCUT2D eigenvalue weighted by Gasteiger charge is 2.09. The van der Waals surface area contributed by atoms with E-state index in [2.05, 4.69) is 24.5 Å². The van der Waals surface area contributed by atoms with Crippen molar-refractivity contribution in [2.45, 2.75) is 33.7 Å². The zero-order valence-corrected chi connectivity index (χ0v) is 10.4. The number of aryl methyl sites for hydroxylation is 2. The van der Waals surface area contributed by atoms with E-state index in [0.29, 0.717) is 5.92 Å². The number of thiol groups is 1. The van der Waals surface area contributed by atoms with Crippen LogP contribution in [-0.4, -0.2) is 15.3 Å². The van der Waals surface area contributed by atoms with Gasteiger partial charge in [-0.05, 0) is 25.5 Å². The average Bonchev–Trinajstić information content (AvgIpc) is 2.17. The monoisotopic (exact) mass is 226 g/mol. The Morgan fingerprint density at radius 2 is 2.20 bits per heavy atom. The van der Waals surface area contributed by atoms with Gasteiger partial charge >= 0.3 is 0 Å². The molecule has 1 aromatic heterocycles. The second-order valence-corrected chi connectivity index (χ2v) is 4.22. The van der Waals surface area contributed by atoms with Crippen molar-refractivity contribution in [2.75, 3.05) is 5.75 Å². The van der Waals surface area contributed by atoms with Crippen LogP contribution in [0.5, 0.6) is 0 Å². The predicted octanol–water partition coefficient (Wildman–Crippen LogP) is 1.82. The Hall–Kier alpha value is -0.770. The molecule has 3 nitrogen and oxygen atoms in total. The maximum Gasteiger partial charge on any atom is 0.253 e. The van der Waals surface area contributed by atoms with Gasteiger partial charge in [0.25, 0.3) is 5.56 Å². The number of rotatable bonds is 4. The van der Waals surface area contributed by atoms with Gasteiger partial charge in [0.05, 0.1) is 0 Å². The summed E-state index contributed by atoms with van der Waals surface area (Å²) in [5.74, 6) is 2.03. The van der Waals surface area contributed by atoms with Gasteiger partial charge in [-0.15, -0.1) is 0 Å². The number of hydrogen-bond donors (Lipinski definition) is 1. The van der Waals surface area contributed by atoms with Crippen molar-refractivity contribution in [3.8, 4) is 0 Å². The fourth-order valence-corrected chi connectivity index (χ4v) is 1.93. The van der Waals surface area contributed by atoms with E-state index in [9.17, 15) is 4.79 Å². The molecule has 0 bridgehead atoms. The number of hydrogen-bond acceptors (Lipinski definition) is 3. The lowest BCUT2D eigenvalue weighted by atomic mass is 10.1. The molecule has 0 N–H and O–H groups in total. The normalized spacial score (nSPS) is 12.8. The van der Waals surface area contributed by atoms with Crippen LogP contribution >= 0.6 is 12.6 Å². The Morgan fingerprint density at radius 1 is 1.53 bits per heavy atom. The number of aromatic nitrogens is 2. The summed E-state index contributed by atoms with van der Waals surface area (Å²) in [6, 6.07) is 1.58. The van der Waals surface area contributed by atoms with Crippen molar-refractivity contribution in [2.24, 2.45) is 5.92 Å². The summed E-state index contributed by atoms with van der Waals surface area (Å²) in [7, 11) is 0. The molecule has 15 heavy (non-hydrogen) atoms. The van der Waals surface area contributed by atoms with Crippen molar-refractivity contribution in [1.29, 1.82) is 0 Å². The molecule has 1 heterocycles. The first-order chi connectivity index (χ1) is 7.08. The molecule has 1 unspecified atom stereocenters. The summed E-state index contributed by atoms with van der Waals surface area (Å²) >= 11 is 4.28. The summed E-state index contributed by atoms with van der Waals surface area (Å²) in [4.78, 5) is 16.0. The lowest BCUT2D eigenvalue weighted by Gasteiger charge is -2.15. The molecule has 0 fully saturated rings. The van der Waals surface area contributed by atoms with Gasteiger partial charge in [-0.1, -0.05) is 13.3 Å². The molecule has 0 aliphatic rings. The molecule has 84 valence electrons. The topological polar surface area (TPSA) is 34.9 Å². The summed E-state index contributed by atoms with van der Waals surface area (Å²) in [6.07, 6.45) is 1.03. The fraction of sp³-hybridized carbons (Fsp3) is 0.636. The molecule has 1 rings (SSSR count). The number of nitrogens with zero attached hydrogens (tertiary/aromatic N) is 2. The van der Waals surface area contributed by atoms with Crippen LogP contribution < -0.4 is 5.56 Å². The summed E-state index contributed by atoms with van der Waals surface area (Å²) in [5.41, 5.74) is 0.827. The minimum absolute atomic E-state index is 0.0419. The third-order valence-electron chi connectivity index (χ3n) is 2.60. The molecule has 1 atom stereocenters. The quantitative estimate of drug-likeness (QED) is 0.795. The van der Waals surface area contributed by atoms with Gasteiger partial charge in [-0.2, -0.15) is 12.6 Å². The van der Waals surface area contributed by atoms with Crippen molar-refractivity contribution in [3.05, 3.63) is 27.9 Å². The molecule has 0 aliphatic heterocycles. The van der Waals surface area contributed by atoms with E-state index < -0.39 is 0 Å². The van der Waals surface area contributed by atoms with Crippen LogP contribution in [0.3, 0.4) is 0 Å². The third-order valence-corrected chi connectivity index (χ3v) is 3.12. The molecule has 0 saturated carbocycles. The third kappa shape index (κ3) is 3.09. The van der Waals surface area contributed by atoms with Crippen molar-refractivity contribution in [1.82, 2.24) is 9.55 Å². The molecular formula is C11H18N2OS. The summed E-state index contributed by atoms with van der Waals surface area (Å²) < 4.78 is 1.73. The minimum Gasteiger partial charge on any atom is -0.297 e. The van der Waals surface area contributed by atoms with Gasteiger partial charge in [0.15, 0.2) is 0 Å². The SMILES string of the molecule is CCC(CS)Cn1c(C)nc(C)cc1=O. The van der Waals surface area contributed by atoms with E-state index >= 15 is 0 Å². The maximum atomic E-state index is 11.7. The van der Waals surface area contributed by atoms with Crippen LogP contribution in [0.25, 0.3) is 0 Å². The molecule has 0 radical (unpaired) electrons. The molecule has 4 heteroatoms. The Bertz CT molecular complexity index is 383. The average molecular weight is 226 g/mol. The van der Waals surface area contributed by atoms with Crippen LogP contribution in [0.2, 0.25) is 0 Å². The second-order valence-electron chi connectivity index (χ2n) is 3.85. The van der Waals surface area contributed by atoms with Crippen LogP contribution in [-0.2, 0) is 6.54 Å². The van der Waals surface area contributed by atoms with E-state index in [0.717, 1.165) is 30.2 Å². The molecular weight excluding hydrogens is 208 g/mol. The first-order valence-corrected chi connectivity index (χ1v) is 5.87. The maximum absolute atomic E-state index is 11.7. The Labute approximate surface area is 96.0 Å². The summed E-state index contributed by atoms with van der Waals surface area (Å²) in [5, 5.41) is 0. The van der Waals surface area contributed by atoms with Gasteiger partial charge in [0.1, 0.15) is 5.82 Å².